The molecule has 0 aromatic carbocycles. The maximum absolute atomic E-state index is 6.85. The molecule has 0 fully saturated rings. The summed E-state index contributed by atoms with van der Waals surface area (Å²) in [7, 11) is 0. The minimum absolute atomic E-state index is 0.0939. The molecule has 11 heavy (non-hydrogen) atoms. The van der Waals surface area contributed by atoms with Crippen LogP contribution in [0.4, 0.5) is 5.82 Å². The first-order chi connectivity index (χ1) is 5.05. The Morgan fingerprint density at radius 2 is 2.18 bits per heavy atom. The lowest BCUT2D eigenvalue weighted by atomic mass is 10.1. The van der Waals surface area contributed by atoms with Crippen LogP contribution in [0.25, 0.3) is 4.85 Å². The molecule has 1 aromatic heterocycles. The van der Waals surface area contributed by atoms with Crippen molar-refractivity contribution in [2.45, 2.75) is 26.3 Å². The van der Waals surface area contributed by atoms with Crippen LogP contribution in [0.1, 0.15) is 20.8 Å². The van der Waals surface area contributed by atoms with Crippen LogP contribution >= 0.6 is 0 Å². The van der Waals surface area contributed by atoms with Crippen LogP contribution in [0.15, 0.2) is 12.3 Å². The molecule has 0 N–H and O–H groups in total. The van der Waals surface area contributed by atoms with Crippen molar-refractivity contribution in [2.24, 2.45) is 0 Å². The van der Waals surface area contributed by atoms with Gasteiger partial charge in [-0.2, -0.15) is 4.68 Å². The number of hydrogen-bond acceptors (Lipinski definition) is 1. The molecule has 0 saturated heterocycles. The Morgan fingerprint density at radius 3 is 2.55 bits per heavy atom. The molecular weight excluding hydrogens is 138 g/mol. The van der Waals surface area contributed by atoms with E-state index in [9.17, 15) is 0 Å². The van der Waals surface area contributed by atoms with Crippen LogP contribution in [-0.4, -0.2) is 9.78 Å². The molecule has 0 aliphatic rings. The van der Waals surface area contributed by atoms with Crippen LogP contribution in [0.5, 0.6) is 0 Å². The average Bonchev–Trinajstić information content (AvgIpc) is 2.31. The van der Waals surface area contributed by atoms with E-state index in [1.807, 2.05) is 20.8 Å². The zero-order valence-electron chi connectivity index (χ0n) is 7.00. The number of nitrogens with zero attached hydrogens (tertiary/aromatic N) is 3. The summed E-state index contributed by atoms with van der Waals surface area (Å²) in [4.78, 5) is 3.35. The van der Waals surface area contributed by atoms with Crippen LogP contribution in [0.3, 0.4) is 0 Å². The van der Waals surface area contributed by atoms with Gasteiger partial charge in [0.1, 0.15) is 5.54 Å². The van der Waals surface area contributed by atoms with Gasteiger partial charge in [-0.3, -0.25) is 0 Å². The van der Waals surface area contributed by atoms with Crippen molar-refractivity contribution in [2.75, 3.05) is 0 Å². The van der Waals surface area contributed by atoms with E-state index >= 15 is 0 Å². The molecule has 1 heterocycles. The molecule has 0 saturated carbocycles. The largest absolute Gasteiger partial charge is 0.362 e. The van der Waals surface area contributed by atoms with Gasteiger partial charge in [0.15, 0.2) is 0 Å². The summed E-state index contributed by atoms with van der Waals surface area (Å²) in [5.41, 5.74) is -0.0939. The highest BCUT2D eigenvalue weighted by Crippen LogP contribution is 2.20. The number of rotatable bonds is 0. The highest BCUT2D eigenvalue weighted by Gasteiger charge is 2.19. The van der Waals surface area contributed by atoms with E-state index in [4.69, 9.17) is 6.57 Å². The fraction of sp³-hybridized carbons (Fsp3) is 0.500. The summed E-state index contributed by atoms with van der Waals surface area (Å²) in [6.45, 7) is 12.9. The Balaban J connectivity index is 3.15. The highest BCUT2D eigenvalue weighted by atomic mass is 15.3. The number of aromatic nitrogens is 2. The van der Waals surface area contributed by atoms with Gasteiger partial charge in [-0.25, -0.2) is 0 Å². The Kier molecular flexibility index (Phi) is 1.69. The molecule has 0 aliphatic carbocycles. The van der Waals surface area contributed by atoms with Gasteiger partial charge < -0.3 is 4.85 Å². The predicted molar refractivity (Wildman–Crippen MR) is 43.5 cm³/mol. The quantitative estimate of drug-likeness (QED) is 0.518. The molecule has 0 spiro atoms. The Morgan fingerprint density at radius 1 is 1.55 bits per heavy atom. The van der Waals surface area contributed by atoms with E-state index in [-0.39, 0.29) is 5.54 Å². The Labute approximate surface area is 66.5 Å². The summed E-state index contributed by atoms with van der Waals surface area (Å²) < 4.78 is 1.72. The monoisotopic (exact) mass is 149 g/mol. The second kappa shape index (κ2) is 2.39. The molecule has 58 valence electrons. The van der Waals surface area contributed by atoms with E-state index in [1.165, 1.54) is 0 Å². The standard InChI is InChI=1S/C8H11N3/c1-8(2,3)11-7(9-4)5-6-10-11/h5-6H,1-3H3. The molecule has 0 amide bonds. The van der Waals surface area contributed by atoms with E-state index in [1.54, 1.807) is 16.9 Å². The number of hydrogen-bond donors (Lipinski definition) is 0. The van der Waals surface area contributed by atoms with Crippen molar-refractivity contribution < 1.29 is 0 Å². The first-order valence-corrected chi connectivity index (χ1v) is 3.47. The SMILES string of the molecule is [C-]#[N+]c1ccnn1C(C)(C)C. The van der Waals surface area contributed by atoms with Crippen molar-refractivity contribution in [1.29, 1.82) is 0 Å². The fourth-order valence-corrected chi connectivity index (χ4v) is 0.898. The van der Waals surface area contributed by atoms with E-state index in [0.29, 0.717) is 5.82 Å². The predicted octanol–water partition coefficient (Wildman–Crippen LogP) is 2.19. The lowest BCUT2D eigenvalue weighted by Crippen LogP contribution is -2.22. The molecule has 3 heteroatoms. The molecule has 0 aliphatic heterocycles. The second-order valence-electron chi connectivity index (χ2n) is 3.38. The smallest absolute Gasteiger partial charge is 0.252 e. The van der Waals surface area contributed by atoms with Gasteiger partial charge in [0.25, 0.3) is 5.82 Å². The van der Waals surface area contributed by atoms with Crippen molar-refractivity contribution in [3.8, 4) is 0 Å². The van der Waals surface area contributed by atoms with Gasteiger partial charge in [0.05, 0.1) is 6.20 Å². The highest BCUT2D eigenvalue weighted by molar-refractivity contribution is 5.35. The van der Waals surface area contributed by atoms with Crippen molar-refractivity contribution in [3.05, 3.63) is 23.7 Å². The maximum atomic E-state index is 6.85. The molecule has 1 aromatic rings. The third-order valence-electron chi connectivity index (χ3n) is 1.37. The zero-order valence-corrected chi connectivity index (χ0v) is 7.00. The summed E-state index contributed by atoms with van der Waals surface area (Å²) in [6.07, 6.45) is 1.65. The van der Waals surface area contributed by atoms with E-state index in [2.05, 4.69) is 9.94 Å². The molecule has 0 radical (unpaired) electrons. The zero-order chi connectivity index (χ0) is 8.48. The third kappa shape index (κ3) is 1.40. The lowest BCUT2D eigenvalue weighted by Gasteiger charge is -2.15. The van der Waals surface area contributed by atoms with Crippen LogP contribution in [-0.2, 0) is 5.54 Å². The van der Waals surface area contributed by atoms with Gasteiger partial charge in [-0.15, -0.1) is 5.10 Å². The van der Waals surface area contributed by atoms with Gasteiger partial charge in [0, 0.05) is 0 Å². The van der Waals surface area contributed by atoms with Crippen molar-refractivity contribution >= 4 is 5.82 Å². The molecule has 3 nitrogen and oxygen atoms in total. The van der Waals surface area contributed by atoms with Gasteiger partial charge in [-0.05, 0) is 26.8 Å². The van der Waals surface area contributed by atoms with Crippen molar-refractivity contribution in [3.63, 3.8) is 0 Å². The molecule has 0 bridgehead atoms. The Bertz CT molecular complexity index is 285. The molecule has 1 rings (SSSR count). The van der Waals surface area contributed by atoms with Crippen LogP contribution in [0.2, 0.25) is 0 Å². The average molecular weight is 149 g/mol. The minimum Gasteiger partial charge on any atom is -0.362 e. The summed E-state index contributed by atoms with van der Waals surface area (Å²) in [6, 6.07) is 1.72. The van der Waals surface area contributed by atoms with Crippen molar-refractivity contribution in [1.82, 2.24) is 9.78 Å². The summed E-state index contributed by atoms with van der Waals surface area (Å²) in [5, 5.41) is 4.06. The summed E-state index contributed by atoms with van der Waals surface area (Å²) >= 11 is 0. The first-order valence-electron chi connectivity index (χ1n) is 3.47. The van der Waals surface area contributed by atoms with Gasteiger partial charge in [-0.1, -0.05) is 6.57 Å². The van der Waals surface area contributed by atoms with E-state index < -0.39 is 0 Å². The Hall–Kier alpha value is -1.30. The van der Waals surface area contributed by atoms with Gasteiger partial charge >= 0.3 is 0 Å². The molecular formula is C8H11N3. The fourth-order valence-electron chi connectivity index (χ4n) is 0.898. The molecule has 0 atom stereocenters. The topological polar surface area (TPSA) is 22.2 Å². The molecule has 0 unspecified atom stereocenters. The third-order valence-corrected chi connectivity index (χ3v) is 1.37. The maximum Gasteiger partial charge on any atom is 0.252 e. The van der Waals surface area contributed by atoms with Gasteiger partial charge in [0.2, 0.25) is 0 Å². The summed E-state index contributed by atoms with van der Waals surface area (Å²) in [5.74, 6) is 0.595. The second-order valence-corrected chi connectivity index (χ2v) is 3.38. The first kappa shape index (κ1) is 7.80. The normalized spacial score (nSPS) is 11.1. The minimum atomic E-state index is -0.0939. The van der Waals surface area contributed by atoms with Crippen LogP contribution in [0, 0.1) is 6.57 Å². The van der Waals surface area contributed by atoms with Crippen LogP contribution < -0.4 is 0 Å². The van der Waals surface area contributed by atoms with E-state index in [0.717, 1.165) is 0 Å². The lowest BCUT2D eigenvalue weighted by molar-refractivity contribution is 0.362.